The highest BCUT2D eigenvalue weighted by molar-refractivity contribution is 6.01. The standard InChI is InChI=1S/C45H55N9O5/c1-50-20-15-41(49-50)59-45(18-26-53(27-19-45)35-28-38(48-46-29-35)37-4-2-3-5-39(37)55)43(58)54-24-16-44(17-25-54)30-51(31-44)21-12-32-13-22-52(23-14-32)34-8-6-33(7-9-34)36-10-11-40(56)47-42(36)57/h2-9,15,20,28-29,32,36,55H,10-14,16-19,21-27,30-31H2,1H3,(H,47,56,57)/t36-/m1/s1. The quantitative estimate of drug-likeness (QED) is 0.214. The number of benzene rings is 2. The number of rotatable bonds is 10. The molecule has 5 fully saturated rings. The van der Waals surface area contributed by atoms with Crippen molar-refractivity contribution in [3.63, 3.8) is 0 Å². The second-order valence-electron chi connectivity index (χ2n) is 17.5. The van der Waals surface area contributed by atoms with Crippen LogP contribution in [0.25, 0.3) is 11.3 Å². The number of hydrogen-bond donors (Lipinski definition) is 2. The molecule has 0 saturated carbocycles. The van der Waals surface area contributed by atoms with Crippen molar-refractivity contribution in [2.24, 2.45) is 18.4 Å². The van der Waals surface area contributed by atoms with Crippen LogP contribution in [0.15, 0.2) is 73.1 Å². The Morgan fingerprint density at radius 2 is 1.61 bits per heavy atom. The van der Waals surface area contributed by atoms with Crippen LogP contribution in [0.5, 0.6) is 11.6 Å². The minimum Gasteiger partial charge on any atom is -0.507 e. The third kappa shape index (κ3) is 8.24. The van der Waals surface area contributed by atoms with Gasteiger partial charge in [0.2, 0.25) is 17.7 Å². The Morgan fingerprint density at radius 1 is 0.881 bits per heavy atom. The van der Waals surface area contributed by atoms with Crippen LogP contribution < -0.4 is 19.9 Å². The van der Waals surface area contributed by atoms with Gasteiger partial charge in [-0.2, -0.15) is 10.2 Å². The molecule has 5 saturated heterocycles. The van der Waals surface area contributed by atoms with Gasteiger partial charge in [-0.3, -0.25) is 24.4 Å². The number of aromatic hydroxyl groups is 1. The molecular formula is C45H55N9O5. The zero-order valence-electron chi connectivity index (χ0n) is 34.0. The van der Waals surface area contributed by atoms with Gasteiger partial charge in [0.15, 0.2) is 5.60 Å². The zero-order chi connectivity index (χ0) is 40.6. The number of imide groups is 1. The molecule has 59 heavy (non-hydrogen) atoms. The van der Waals surface area contributed by atoms with Gasteiger partial charge in [-0.05, 0) is 92.3 Å². The number of anilines is 2. The van der Waals surface area contributed by atoms with Gasteiger partial charge in [0.1, 0.15) is 5.75 Å². The van der Waals surface area contributed by atoms with E-state index in [-0.39, 0.29) is 34.8 Å². The average molecular weight is 802 g/mol. The Balaban J connectivity index is 0.745. The van der Waals surface area contributed by atoms with Crippen molar-refractivity contribution in [2.75, 3.05) is 68.7 Å². The SMILES string of the molecule is Cn1ccc(OC2(C(=O)N3CCC4(CC3)CN(CCC3CCN(c5ccc([C@H]6CCC(=O)NC6=O)cc5)CC3)C4)CCN(c3cnnc(-c4ccccc4O)c3)CC2)n1. The van der Waals surface area contributed by atoms with E-state index in [9.17, 15) is 19.5 Å². The van der Waals surface area contributed by atoms with E-state index in [0.717, 1.165) is 75.8 Å². The summed E-state index contributed by atoms with van der Waals surface area (Å²) < 4.78 is 8.30. The summed E-state index contributed by atoms with van der Waals surface area (Å²) in [5, 5.41) is 25.9. The number of phenols is 1. The van der Waals surface area contributed by atoms with E-state index in [0.29, 0.717) is 55.9 Å². The molecule has 14 heteroatoms. The van der Waals surface area contributed by atoms with E-state index in [1.165, 1.54) is 24.9 Å². The first-order chi connectivity index (χ1) is 28.6. The lowest BCUT2D eigenvalue weighted by Gasteiger charge is -2.55. The molecule has 310 valence electrons. The number of hydrogen-bond acceptors (Lipinski definition) is 11. The summed E-state index contributed by atoms with van der Waals surface area (Å²) in [5.41, 5.74) is 3.60. The highest BCUT2D eigenvalue weighted by Crippen LogP contribution is 2.43. The number of likely N-dealkylation sites (tertiary alicyclic amines) is 2. The first-order valence-corrected chi connectivity index (χ1v) is 21.4. The molecule has 7 heterocycles. The fraction of sp³-hybridized carbons (Fsp3) is 0.511. The highest BCUT2D eigenvalue weighted by atomic mass is 16.5. The Kier molecular flexibility index (Phi) is 10.8. The number of para-hydroxylation sites is 1. The maximum absolute atomic E-state index is 14.5. The van der Waals surface area contributed by atoms with Crippen molar-refractivity contribution in [3.8, 4) is 22.9 Å². The van der Waals surface area contributed by atoms with Crippen LogP contribution in [0.2, 0.25) is 0 Å². The molecule has 5 aliphatic heterocycles. The molecule has 0 aliphatic carbocycles. The number of carbonyl (C=O) groups excluding carboxylic acids is 3. The molecule has 9 rings (SSSR count). The molecule has 0 unspecified atom stereocenters. The smallest absolute Gasteiger partial charge is 0.266 e. The number of nitrogens with one attached hydrogen (secondary N) is 1. The lowest BCUT2D eigenvalue weighted by molar-refractivity contribution is -0.155. The molecule has 14 nitrogen and oxygen atoms in total. The lowest BCUT2D eigenvalue weighted by Crippen LogP contribution is -2.64. The van der Waals surface area contributed by atoms with E-state index in [1.807, 2.05) is 42.4 Å². The van der Waals surface area contributed by atoms with E-state index >= 15 is 0 Å². The summed E-state index contributed by atoms with van der Waals surface area (Å²) >= 11 is 0. The number of phenolic OH excluding ortho intramolecular Hbond substituents is 1. The first kappa shape index (κ1) is 39.0. The van der Waals surface area contributed by atoms with Crippen LogP contribution in [0.1, 0.15) is 69.3 Å². The predicted octanol–water partition coefficient (Wildman–Crippen LogP) is 4.75. The van der Waals surface area contributed by atoms with Gasteiger partial charge in [0, 0.05) is 102 Å². The van der Waals surface area contributed by atoms with Crippen LogP contribution in [-0.2, 0) is 21.4 Å². The van der Waals surface area contributed by atoms with Gasteiger partial charge in [0.25, 0.3) is 5.91 Å². The molecule has 0 bridgehead atoms. The Bertz CT molecular complexity index is 2140. The molecule has 5 aliphatic rings. The fourth-order valence-electron chi connectivity index (χ4n) is 10.1. The predicted molar refractivity (Wildman–Crippen MR) is 223 cm³/mol. The van der Waals surface area contributed by atoms with Gasteiger partial charge in [-0.15, -0.1) is 5.10 Å². The summed E-state index contributed by atoms with van der Waals surface area (Å²) in [5.74, 6) is 0.808. The lowest BCUT2D eigenvalue weighted by atomic mass is 9.71. The van der Waals surface area contributed by atoms with Crippen molar-refractivity contribution < 1.29 is 24.2 Å². The topological polar surface area (TPSA) is 149 Å². The Morgan fingerprint density at radius 3 is 2.31 bits per heavy atom. The molecule has 3 amide bonds. The molecule has 2 N–H and O–H groups in total. The van der Waals surface area contributed by atoms with Crippen LogP contribution in [0.4, 0.5) is 11.4 Å². The number of aromatic nitrogens is 4. The van der Waals surface area contributed by atoms with Crippen molar-refractivity contribution in [1.82, 2.24) is 35.1 Å². The molecule has 4 aromatic rings. The number of nitrogens with zero attached hydrogens (tertiary/aromatic N) is 8. The first-order valence-electron chi connectivity index (χ1n) is 21.4. The number of amides is 3. The number of ether oxygens (including phenoxy) is 1. The monoisotopic (exact) mass is 801 g/mol. The van der Waals surface area contributed by atoms with E-state index < -0.39 is 5.60 Å². The molecular weight excluding hydrogens is 747 g/mol. The number of piperidine rings is 4. The van der Waals surface area contributed by atoms with E-state index in [1.54, 1.807) is 23.0 Å². The third-order valence-corrected chi connectivity index (χ3v) is 13.7. The van der Waals surface area contributed by atoms with Gasteiger partial charge in [-0.1, -0.05) is 24.3 Å². The minimum atomic E-state index is -1.00. The molecule has 1 atom stereocenters. The largest absolute Gasteiger partial charge is 0.507 e. The van der Waals surface area contributed by atoms with Crippen LogP contribution in [0, 0.1) is 11.3 Å². The van der Waals surface area contributed by atoms with Crippen LogP contribution in [0.3, 0.4) is 0 Å². The van der Waals surface area contributed by atoms with E-state index in [4.69, 9.17) is 4.74 Å². The Labute approximate surface area is 345 Å². The molecule has 2 aromatic carbocycles. The molecule has 1 spiro atoms. The Hall–Kier alpha value is -5.50. The third-order valence-electron chi connectivity index (χ3n) is 13.7. The molecule has 2 aromatic heterocycles. The number of aryl methyl sites for hydroxylation is 1. The van der Waals surface area contributed by atoms with Crippen LogP contribution >= 0.6 is 0 Å². The number of carbonyl (C=O) groups is 3. The van der Waals surface area contributed by atoms with Crippen molar-refractivity contribution in [3.05, 3.63) is 78.6 Å². The molecule has 0 radical (unpaired) electrons. The van der Waals surface area contributed by atoms with Crippen molar-refractivity contribution >= 4 is 29.1 Å². The summed E-state index contributed by atoms with van der Waals surface area (Å²) in [6, 6.07) is 19.3. The minimum absolute atomic E-state index is 0.0631. The van der Waals surface area contributed by atoms with Crippen molar-refractivity contribution in [2.45, 2.75) is 69.3 Å². The zero-order valence-corrected chi connectivity index (χ0v) is 34.0. The summed E-state index contributed by atoms with van der Waals surface area (Å²) in [6.07, 6.45) is 11.2. The second kappa shape index (κ2) is 16.3. The maximum Gasteiger partial charge on any atom is 0.266 e. The van der Waals surface area contributed by atoms with Crippen LogP contribution in [-0.4, -0.2) is 117 Å². The summed E-state index contributed by atoms with van der Waals surface area (Å²) in [7, 11) is 1.85. The fourth-order valence-corrected chi connectivity index (χ4v) is 10.1. The highest BCUT2D eigenvalue weighted by Gasteiger charge is 2.50. The van der Waals surface area contributed by atoms with Gasteiger partial charge in [-0.25, -0.2) is 0 Å². The van der Waals surface area contributed by atoms with Crippen molar-refractivity contribution in [1.29, 1.82) is 0 Å². The van der Waals surface area contributed by atoms with E-state index in [2.05, 4.69) is 59.6 Å². The average Bonchev–Trinajstić information content (AvgIpc) is 3.66. The summed E-state index contributed by atoms with van der Waals surface area (Å²) in [4.78, 5) is 47.8. The van der Waals surface area contributed by atoms with Gasteiger partial charge in [0.05, 0.1) is 23.5 Å². The van der Waals surface area contributed by atoms with Gasteiger partial charge < -0.3 is 29.4 Å². The summed E-state index contributed by atoms with van der Waals surface area (Å²) in [6.45, 7) is 8.15. The van der Waals surface area contributed by atoms with Gasteiger partial charge >= 0.3 is 0 Å². The normalized spacial score (nSPS) is 22.3. The second-order valence-corrected chi connectivity index (χ2v) is 17.5. The maximum atomic E-state index is 14.5.